The maximum absolute atomic E-state index is 13.4. The van der Waals surface area contributed by atoms with Gasteiger partial charge >= 0.3 is 7.12 Å². The zero-order valence-electron chi connectivity index (χ0n) is 35.1. The average Bonchev–Trinajstić information content (AvgIpc) is 3.59. The molecule has 9 atom stereocenters. The highest BCUT2D eigenvalue weighted by molar-refractivity contribution is 6.47. The zero-order chi connectivity index (χ0) is 43.1. The molecule has 0 spiro atoms. The van der Waals surface area contributed by atoms with Crippen LogP contribution in [0.1, 0.15) is 95.5 Å². The van der Waals surface area contributed by atoms with Crippen molar-refractivity contribution in [3.63, 3.8) is 0 Å². The van der Waals surface area contributed by atoms with E-state index < -0.39 is 72.6 Å². The molecule has 59 heavy (non-hydrogen) atoms. The predicted molar refractivity (Wildman–Crippen MR) is 226 cm³/mol. The van der Waals surface area contributed by atoms with Crippen molar-refractivity contribution in [1.82, 2.24) is 26.6 Å². The molecule has 2 bridgehead atoms. The van der Waals surface area contributed by atoms with E-state index in [-0.39, 0.29) is 43.9 Å². The lowest BCUT2D eigenvalue weighted by Gasteiger charge is -2.64. The molecule has 2 aromatic carbocycles. The van der Waals surface area contributed by atoms with Crippen molar-refractivity contribution < 1.29 is 33.3 Å². The molecule has 1 unspecified atom stereocenters. The summed E-state index contributed by atoms with van der Waals surface area (Å²) in [6, 6.07) is 11.1. The second-order valence-electron chi connectivity index (χ2n) is 16.9. The van der Waals surface area contributed by atoms with Gasteiger partial charge in [-0.25, -0.2) is 0 Å². The zero-order valence-corrected chi connectivity index (χ0v) is 35.1. The number of carbonyl (C=O) groups is 5. The molecule has 0 aromatic heterocycles. The number of nitrogens with two attached hydrogens (primary N) is 4. The highest BCUT2D eigenvalue weighted by Crippen LogP contribution is 2.65. The molecule has 16 nitrogen and oxygen atoms in total. The smallest absolute Gasteiger partial charge is 0.403 e. The van der Waals surface area contributed by atoms with Gasteiger partial charge in [0, 0.05) is 5.56 Å². The summed E-state index contributed by atoms with van der Waals surface area (Å²) in [6.07, 6.45) is 3.78. The summed E-state index contributed by atoms with van der Waals surface area (Å²) in [7, 11) is -0.860. The summed E-state index contributed by atoms with van der Waals surface area (Å²) in [4.78, 5) is 66.4. The molecule has 1 saturated heterocycles. The summed E-state index contributed by atoms with van der Waals surface area (Å²) < 4.78 is 12.5. The number of nitrogens with one attached hydrogen (secondary N) is 5. The van der Waals surface area contributed by atoms with Crippen molar-refractivity contribution >= 4 is 36.7 Å². The lowest BCUT2D eigenvalue weighted by molar-refractivity contribution is -0.199. The third-order valence-corrected chi connectivity index (χ3v) is 12.6. The van der Waals surface area contributed by atoms with E-state index in [4.69, 9.17) is 32.2 Å². The molecule has 0 radical (unpaired) electrons. The molecule has 13 N–H and O–H groups in total. The van der Waals surface area contributed by atoms with Crippen molar-refractivity contribution in [2.45, 2.75) is 128 Å². The van der Waals surface area contributed by atoms with Gasteiger partial charge in [0.25, 0.3) is 11.8 Å². The second kappa shape index (κ2) is 19.8. The van der Waals surface area contributed by atoms with Gasteiger partial charge in [-0.05, 0) is 111 Å². The van der Waals surface area contributed by atoms with E-state index in [0.29, 0.717) is 17.4 Å². The molecule has 17 heteroatoms. The van der Waals surface area contributed by atoms with Crippen LogP contribution in [-0.2, 0) is 34.9 Å². The first-order valence-corrected chi connectivity index (χ1v) is 21.0. The topological polar surface area (TPSA) is 268 Å². The molecule has 3 saturated carbocycles. The summed E-state index contributed by atoms with van der Waals surface area (Å²) >= 11 is 0. The van der Waals surface area contributed by atoms with E-state index in [2.05, 4.69) is 71.6 Å². The normalized spacial score (nSPS) is 23.9. The highest BCUT2D eigenvalue weighted by Gasteiger charge is 2.68. The number of hydrogen-bond donors (Lipinski definition) is 9. The monoisotopic (exact) mass is 818 g/mol. The van der Waals surface area contributed by atoms with Gasteiger partial charge in [-0.3, -0.25) is 24.0 Å². The standard InChI is InChI=1S/C42H64BN9O7/c1-6-8-9-24-10-12-25(13-11-24)26-14-16-27(17-15-26)35(53)49-30(18-20-44)37(55)50-31(19-21-45)38(56)51-34(46)39(57)48-29(7-2)36(54)52-40(47)43-58-33-23-28-22-32(41(28,3)4)42(33,5)59-43/h10-17,28-34,40H,6-9,18-23,44-47H2,1-5H3,(H,48,57)(H,49,53)(H,50,55)(H,51,56)(H,52,54)/t28-,29-,30-,31-,32-,33?,34+,40+,42-/m0/s1. The van der Waals surface area contributed by atoms with Gasteiger partial charge in [-0.2, -0.15) is 0 Å². The van der Waals surface area contributed by atoms with Gasteiger partial charge in [0.05, 0.1) is 11.7 Å². The van der Waals surface area contributed by atoms with E-state index in [9.17, 15) is 24.0 Å². The fourth-order valence-electron chi connectivity index (χ4n) is 8.76. The SMILES string of the molecule is CCCCc1ccc(-c2ccc(C(=O)N[C@@H](CCN)C(=O)N[C@@H](CCN)C(=O)N[C@@H](N)C(=O)N[C@@H](CC)C(=O)N[C@@H](N)B3OC4C[C@@H]5C[C@@H](C5(C)C)[C@]4(C)O3)cc2)cc1. The Morgan fingerprint density at radius 2 is 1.31 bits per heavy atom. The van der Waals surface area contributed by atoms with Crippen LogP contribution >= 0.6 is 0 Å². The van der Waals surface area contributed by atoms with Crippen LogP contribution in [0, 0.1) is 17.3 Å². The Morgan fingerprint density at radius 3 is 1.88 bits per heavy atom. The largest absolute Gasteiger partial charge is 0.497 e. The minimum absolute atomic E-state index is 0.00175. The van der Waals surface area contributed by atoms with Crippen molar-refractivity contribution in [1.29, 1.82) is 0 Å². The summed E-state index contributed by atoms with van der Waals surface area (Å²) in [6.45, 7) is 10.5. The Balaban J connectivity index is 1.11. The van der Waals surface area contributed by atoms with Gasteiger partial charge in [0.1, 0.15) is 24.2 Å². The van der Waals surface area contributed by atoms with E-state index >= 15 is 0 Å². The van der Waals surface area contributed by atoms with Crippen LogP contribution in [0.2, 0.25) is 0 Å². The fourth-order valence-corrected chi connectivity index (χ4v) is 8.76. The molecular weight excluding hydrogens is 753 g/mol. The van der Waals surface area contributed by atoms with Gasteiger partial charge in [0.15, 0.2) is 6.17 Å². The fraction of sp³-hybridized carbons (Fsp3) is 0.595. The van der Waals surface area contributed by atoms with Crippen LogP contribution in [0.3, 0.4) is 0 Å². The van der Waals surface area contributed by atoms with E-state index in [1.54, 1.807) is 19.1 Å². The number of rotatable bonds is 20. The first-order chi connectivity index (χ1) is 28.1. The third-order valence-electron chi connectivity index (χ3n) is 12.6. The van der Waals surface area contributed by atoms with E-state index in [1.165, 1.54) is 5.56 Å². The number of unbranched alkanes of at least 4 members (excludes halogenated alkanes) is 1. The molecule has 3 aliphatic carbocycles. The highest BCUT2D eigenvalue weighted by atomic mass is 16.7. The number of amides is 5. The van der Waals surface area contributed by atoms with Gasteiger partial charge in [-0.1, -0.05) is 70.5 Å². The average molecular weight is 818 g/mol. The van der Waals surface area contributed by atoms with Crippen molar-refractivity contribution in [3.05, 3.63) is 59.7 Å². The molecule has 1 aliphatic heterocycles. The Hall–Kier alpha value is -4.39. The Morgan fingerprint density at radius 1 is 0.746 bits per heavy atom. The number of hydrogen-bond acceptors (Lipinski definition) is 11. The Labute approximate surface area is 347 Å². The van der Waals surface area contributed by atoms with E-state index in [1.807, 2.05) is 19.1 Å². The van der Waals surface area contributed by atoms with E-state index in [0.717, 1.165) is 43.2 Å². The predicted octanol–water partition coefficient (Wildman–Crippen LogP) is 0.941. The van der Waals surface area contributed by atoms with Gasteiger partial charge in [0.2, 0.25) is 17.7 Å². The first-order valence-electron chi connectivity index (χ1n) is 21.0. The second-order valence-corrected chi connectivity index (χ2v) is 16.9. The Kier molecular flexibility index (Phi) is 15.3. The van der Waals surface area contributed by atoms with Crippen LogP contribution in [0.5, 0.6) is 0 Å². The van der Waals surface area contributed by atoms with Crippen LogP contribution in [-0.4, -0.2) is 91.8 Å². The maximum atomic E-state index is 13.4. The summed E-state index contributed by atoms with van der Waals surface area (Å²) in [5.41, 5.74) is 27.2. The molecular formula is C42H64BN9O7. The molecule has 5 amide bonds. The molecule has 4 fully saturated rings. The molecule has 6 rings (SSSR count). The van der Waals surface area contributed by atoms with Crippen LogP contribution in [0.25, 0.3) is 11.1 Å². The molecule has 1 heterocycles. The number of aryl methyl sites for hydroxylation is 1. The van der Waals surface area contributed by atoms with Gasteiger partial charge < -0.3 is 58.8 Å². The summed E-state index contributed by atoms with van der Waals surface area (Å²) in [5.74, 6) is -2.51. The minimum Gasteiger partial charge on any atom is -0.403 e. The van der Waals surface area contributed by atoms with Crippen molar-refractivity contribution in [3.8, 4) is 11.1 Å². The first kappa shape index (κ1) is 45.7. The van der Waals surface area contributed by atoms with Crippen LogP contribution in [0.4, 0.5) is 0 Å². The number of carbonyl (C=O) groups excluding carboxylic acids is 5. The number of benzene rings is 2. The minimum atomic E-state index is -1.59. The quantitative estimate of drug-likeness (QED) is 0.0671. The van der Waals surface area contributed by atoms with Crippen LogP contribution < -0.4 is 49.5 Å². The molecule has 2 aromatic rings. The van der Waals surface area contributed by atoms with Crippen molar-refractivity contribution in [2.75, 3.05) is 13.1 Å². The third kappa shape index (κ3) is 10.5. The van der Waals surface area contributed by atoms with Gasteiger partial charge in [-0.15, -0.1) is 0 Å². The molecule has 4 aliphatic rings. The summed E-state index contributed by atoms with van der Waals surface area (Å²) in [5, 5.41) is 13.0. The molecule has 322 valence electrons. The lowest BCUT2D eigenvalue weighted by Crippen LogP contribution is -2.65. The van der Waals surface area contributed by atoms with Crippen molar-refractivity contribution in [2.24, 2.45) is 40.2 Å². The Bertz CT molecular complexity index is 1800. The maximum Gasteiger partial charge on any atom is 0.497 e. The van der Waals surface area contributed by atoms with Crippen LogP contribution in [0.15, 0.2) is 48.5 Å². The lowest BCUT2D eigenvalue weighted by atomic mass is 9.43.